The monoisotopic (exact) mass is 1240 g/mol. The van der Waals surface area contributed by atoms with Gasteiger partial charge in [0.1, 0.15) is 0 Å². The molecule has 0 radical (unpaired) electrons. The van der Waals surface area contributed by atoms with Crippen molar-refractivity contribution in [2.24, 2.45) is 0 Å². The van der Waals surface area contributed by atoms with Crippen LogP contribution in [-0.4, -0.2) is 47.4 Å². The Labute approximate surface area is 553 Å². The van der Waals surface area contributed by atoms with Crippen LogP contribution in [0.15, 0.2) is 0 Å². The summed E-state index contributed by atoms with van der Waals surface area (Å²) in [6.45, 7) is 5.02. The number of amides is 1. The average molecular weight is 1240 g/mol. The zero-order valence-electron chi connectivity index (χ0n) is 60.5. The molecule has 0 aromatic heterocycles. The molecule has 0 fully saturated rings. The molecule has 0 rings (SSSR count). The minimum Gasteiger partial charge on any atom is -0.466 e. The van der Waals surface area contributed by atoms with Crippen LogP contribution in [0.5, 0.6) is 0 Å². The Morgan fingerprint density at radius 1 is 0.273 bits per heavy atom. The molecule has 0 aromatic rings. The van der Waals surface area contributed by atoms with E-state index in [0.717, 1.165) is 38.5 Å². The lowest BCUT2D eigenvalue weighted by molar-refractivity contribution is -0.143. The Bertz CT molecular complexity index is 1290. The second kappa shape index (κ2) is 78.3. The maximum atomic E-state index is 12.6. The van der Waals surface area contributed by atoms with Gasteiger partial charge in [0.15, 0.2) is 0 Å². The van der Waals surface area contributed by atoms with Gasteiger partial charge in [-0.1, -0.05) is 450 Å². The van der Waals surface area contributed by atoms with Crippen LogP contribution in [0.1, 0.15) is 489 Å². The SMILES string of the molecule is CCCCCCCCCCCCCCCCCCCCCCC(O)C(CO)NC(=O)CCCCCCCCCCCCCCCCCCCCCCCCCCCCCCCCCCCCCCCOC(=O)CCCCCCCCCCCCCCCC. The van der Waals surface area contributed by atoms with E-state index in [0.29, 0.717) is 25.9 Å². The molecular formula is C82H163NO5. The molecule has 526 valence electrons. The number of unbranched alkanes of at least 4 members (excludes halogenated alkanes) is 68. The van der Waals surface area contributed by atoms with Crippen LogP contribution < -0.4 is 5.32 Å². The molecular weight excluding hydrogens is 1080 g/mol. The van der Waals surface area contributed by atoms with Gasteiger partial charge in [0, 0.05) is 12.8 Å². The fourth-order valence-electron chi connectivity index (χ4n) is 13.6. The normalized spacial score (nSPS) is 12.4. The molecule has 1 amide bonds. The average Bonchev–Trinajstić information content (AvgIpc) is 3.58. The Kier molecular flexibility index (Phi) is 77.3. The lowest BCUT2D eigenvalue weighted by Gasteiger charge is -2.22. The molecule has 0 bridgehead atoms. The Morgan fingerprint density at radius 3 is 0.693 bits per heavy atom. The molecule has 0 aliphatic rings. The van der Waals surface area contributed by atoms with E-state index in [1.807, 2.05) is 0 Å². The van der Waals surface area contributed by atoms with Crippen LogP contribution in [0.4, 0.5) is 0 Å². The van der Waals surface area contributed by atoms with Crippen molar-refractivity contribution >= 4 is 11.9 Å². The zero-order valence-corrected chi connectivity index (χ0v) is 60.5. The smallest absolute Gasteiger partial charge is 0.305 e. The van der Waals surface area contributed by atoms with Gasteiger partial charge in [-0.25, -0.2) is 0 Å². The summed E-state index contributed by atoms with van der Waals surface area (Å²) in [5, 5.41) is 23.5. The van der Waals surface area contributed by atoms with E-state index in [1.54, 1.807) is 0 Å². The van der Waals surface area contributed by atoms with Crippen LogP contribution in [0.3, 0.4) is 0 Å². The summed E-state index contributed by atoms with van der Waals surface area (Å²) in [5.74, 6) is 0.00392. The molecule has 0 aromatic carbocycles. The number of rotatable bonds is 79. The molecule has 3 N–H and O–H groups in total. The first-order valence-electron chi connectivity index (χ1n) is 41.3. The number of ether oxygens (including phenoxy) is 1. The van der Waals surface area contributed by atoms with Crippen molar-refractivity contribution in [2.45, 2.75) is 501 Å². The van der Waals surface area contributed by atoms with Crippen molar-refractivity contribution in [2.75, 3.05) is 13.2 Å². The van der Waals surface area contributed by atoms with Gasteiger partial charge in [0.05, 0.1) is 25.4 Å². The van der Waals surface area contributed by atoms with Crippen LogP contribution in [0.25, 0.3) is 0 Å². The Hall–Kier alpha value is -1.14. The minimum atomic E-state index is -0.660. The molecule has 2 unspecified atom stereocenters. The second-order valence-electron chi connectivity index (χ2n) is 28.8. The third-order valence-electron chi connectivity index (χ3n) is 19.9. The molecule has 6 nitrogen and oxygen atoms in total. The van der Waals surface area contributed by atoms with Gasteiger partial charge in [0.2, 0.25) is 5.91 Å². The Balaban J connectivity index is 3.29. The molecule has 6 heteroatoms. The van der Waals surface area contributed by atoms with E-state index in [4.69, 9.17) is 4.74 Å². The van der Waals surface area contributed by atoms with Gasteiger partial charge in [-0.2, -0.15) is 0 Å². The maximum absolute atomic E-state index is 12.6. The fraction of sp³-hybridized carbons (Fsp3) is 0.976. The van der Waals surface area contributed by atoms with Crippen LogP contribution in [0.2, 0.25) is 0 Å². The first-order chi connectivity index (χ1) is 43.5. The highest BCUT2D eigenvalue weighted by Gasteiger charge is 2.20. The molecule has 0 heterocycles. The van der Waals surface area contributed by atoms with Crippen LogP contribution in [0, 0.1) is 0 Å². The lowest BCUT2D eigenvalue weighted by Crippen LogP contribution is -2.45. The molecule has 0 saturated carbocycles. The lowest BCUT2D eigenvalue weighted by atomic mass is 10.0. The van der Waals surface area contributed by atoms with Crippen molar-refractivity contribution in [3.63, 3.8) is 0 Å². The summed E-state index contributed by atoms with van der Waals surface area (Å²) >= 11 is 0. The zero-order chi connectivity index (χ0) is 63.5. The largest absolute Gasteiger partial charge is 0.466 e. The number of aliphatic hydroxyl groups is 2. The molecule has 2 atom stereocenters. The molecule has 0 aliphatic heterocycles. The van der Waals surface area contributed by atoms with E-state index in [-0.39, 0.29) is 18.5 Å². The van der Waals surface area contributed by atoms with Crippen LogP contribution in [-0.2, 0) is 14.3 Å². The van der Waals surface area contributed by atoms with Crippen molar-refractivity contribution in [3.05, 3.63) is 0 Å². The topological polar surface area (TPSA) is 95.9 Å². The number of nitrogens with one attached hydrogen (secondary N) is 1. The first-order valence-corrected chi connectivity index (χ1v) is 41.3. The highest BCUT2D eigenvalue weighted by atomic mass is 16.5. The van der Waals surface area contributed by atoms with E-state index >= 15 is 0 Å². The summed E-state index contributed by atoms with van der Waals surface area (Å²) in [7, 11) is 0. The van der Waals surface area contributed by atoms with Gasteiger partial charge in [-0.15, -0.1) is 0 Å². The molecule has 0 saturated heterocycles. The van der Waals surface area contributed by atoms with Gasteiger partial charge in [-0.05, 0) is 25.7 Å². The fourth-order valence-corrected chi connectivity index (χ4v) is 13.6. The summed E-state index contributed by atoms with van der Waals surface area (Å²) < 4.78 is 5.51. The summed E-state index contributed by atoms with van der Waals surface area (Å²) in [6, 6.07) is -0.537. The number of carbonyl (C=O) groups excluding carboxylic acids is 2. The highest BCUT2D eigenvalue weighted by molar-refractivity contribution is 5.76. The predicted molar refractivity (Wildman–Crippen MR) is 389 cm³/mol. The van der Waals surface area contributed by atoms with Crippen molar-refractivity contribution < 1.29 is 24.5 Å². The summed E-state index contributed by atoms with van der Waals surface area (Å²) in [4.78, 5) is 24.6. The minimum absolute atomic E-state index is 0.0232. The van der Waals surface area contributed by atoms with E-state index < -0.39 is 12.1 Å². The third kappa shape index (κ3) is 73.9. The third-order valence-corrected chi connectivity index (χ3v) is 19.9. The van der Waals surface area contributed by atoms with Gasteiger partial charge < -0.3 is 20.3 Å². The number of esters is 1. The van der Waals surface area contributed by atoms with Crippen molar-refractivity contribution in [3.8, 4) is 0 Å². The predicted octanol–water partition coefficient (Wildman–Crippen LogP) is 27.3. The maximum Gasteiger partial charge on any atom is 0.305 e. The standard InChI is InChI=1S/C82H163NO5/c1-3-5-7-9-11-13-15-17-19-20-21-41-44-47-50-54-58-62-66-70-74-80(85)79(78-84)83-81(86)75-71-67-63-59-55-51-48-45-42-39-37-35-33-31-29-27-25-23-22-24-26-28-30-32-34-36-38-40-43-46-49-53-57-61-65-69-73-77-88-82(87)76-72-68-64-60-56-52-18-16-14-12-10-8-6-4-2/h79-80,84-85H,3-78H2,1-2H3,(H,83,86). The van der Waals surface area contributed by atoms with E-state index in [9.17, 15) is 19.8 Å². The number of carbonyl (C=O) groups is 2. The van der Waals surface area contributed by atoms with Crippen molar-refractivity contribution in [1.29, 1.82) is 0 Å². The van der Waals surface area contributed by atoms with Gasteiger partial charge >= 0.3 is 5.97 Å². The van der Waals surface area contributed by atoms with E-state index in [2.05, 4.69) is 19.2 Å². The van der Waals surface area contributed by atoms with E-state index in [1.165, 1.54) is 417 Å². The Morgan fingerprint density at radius 2 is 0.466 bits per heavy atom. The van der Waals surface area contributed by atoms with Gasteiger partial charge in [-0.3, -0.25) is 9.59 Å². The van der Waals surface area contributed by atoms with Crippen molar-refractivity contribution in [1.82, 2.24) is 5.32 Å². The highest BCUT2D eigenvalue weighted by Crippen LogP contribution is 2.21. The number of aliphatic hydroxyl groups excluding tert-OH is 2. The summed E-state index contributed by atoms with van der Waals surface area (Å²) in [6.07, 6.45) is 97.9. The first kappa shape index (κ1) is 86.9. The molecule has 0 spiro atoms. The van der Waals surface area contributed by atoms with Crippen LogP contribution >= 0.6 is 0 Å². The molecule has 0 aliphatic carbocycles. The quantitative estimate of drug-likeness (QED) is 0.0417. The number of hydrogen-bond acceptors (Lipinski definition) is 5. The number of hydrogen-bond donors (Lipinski definition) is 3. The second-order valence-corrected chi connectivity index (χ2v) is 28.8. The van der Waals surface area contributed by atoms with Gasteiger partial charge in [0.25, 0.3) is 0 Å². The summed E-state index contributed by atoms with van der Waals surface area (Å²) in [5.41, 5.74) is 0. The molecule has 88 heavy (non-hydrogen) atoms.